The first kappa shape index (κ1) is 15.0. The molecule has 0 aliphatic carbocycles. The van der Waals surface area contributed by atoms with Crippen LogP contribution in [0.2, 0.25) is 5.02 Å². The summed E-state index contributed by atoms with van der Waals surface area (Å²) in [5.41, 5.74) is 2.42. The Balaban J connectivity index is 2.04. The van der Waals surface area contributed by atoms with Crippen LogP contribution in [0.15, 0.2) is 51.4 Å². The largest absolute Gasteiger partial charge is 0.306 e. The molecular weight excluding hydrogens is 389 g/mol. The van der Waals surface area contributed by atoms with Gasteiger partial charge in [-0.15, -0.1) is 0 Å². The normalized spacial score (nSPS) is 12.4. The summed E-state index contributed by atoms with van der Waals surface area (Å²) in [6.45, 7) is 2.93. The summed E-state index contributed by atoms with van der Waals surface area (Å²) in [7, 11) is 0. The van der Waals surface area contributed by atoms with Crippen LogP contribution in [0.25, 0.3) is 0 Å². The molecule has 0 saturated heterocycles. The van der Waals surface area contributed by atoms with E-state index in [4.69, 9.17) is 11.6 Å². The second kappa shape index (κ2) is 6.89. The molecule has 0 spiro atoms. The molecule has 2 aromatic carbocycles. The number of halogens is 3. The molecule has 0 radical (unpaired) electrons. The number of hydrogen-bond acceptors (Lipinski definition) is 1. The predicted octanol–water partition coefficient (Wildman–Crippen LogP) is 5.72. The van der Waals surface area contributed by atoms with E-state index >= 15 is 0 Å². The molecule has 0 bridgehead atoms. The van der Waals surface area contributed by atoms with Crippen LogP contribution in [-0.4, -0.2) is 0 Å². The van der Waals surface area contributed by atoms with Crippen molar-refractivity contribution in [3.05, 3.63) is 67.6 Å². The molecule has 0 unspecified atom stereocenters. The molecule has 1 atom stereocenters. The monoisotopic (exact) mass is 401 g/mol. The Morgan fingerprint density at radius 3 is 2.68 bits per heavy atom. The van der Waals surface area contributed by atoms with Crippen molar-refractivity contribution < 1.29 is 0 Å². The summed E-state index contributed by atoms with van der Waals surface area (Å²) in [4.78, 5) is 0. The number of benzene rings is 2. The van der Waals surface area contributed by atoms with Gasteiger partial charge in [0.25, 0.3) is 0 Å². The van der Waals surface area contributed by atoms with Gasteiger partial charge in [-0.3, -0.25) is 0 Å². The molecular formula is C15H14Br2ClN. The number of nitrogens with one attached hydrogen (secondary N) is 1. The standard InChI is InChI=1S/C15H14Br2ClN/c1-10(11-3-2-4-13(16)7-11)19-9-12-8-14(18)5-6-15(12)17/h2-8,10,19H,9H2,1H3/t10-/m0/s1. The Morgan fingerprint density at radius 1 is 1.16 bits per heavy atom. The first-order valence-corrected chi connectivity index (χ1v) is 7.95. The topological polar surface area (TPSA) is 12.0 Å². The van der Waals surface area contributed by atoms with E-state index in [-0.39, 0.29) is 6.04 Å². The van der Waals surface area contributed by atoms with Crippen LogP contribution in [0.4, 0.5) is 0 Å². The average Bonchev–Trinajstić information content (AvgIpc) is 2.39. The minimum Gasteiger partial charge on any atom is -0.306 e. The molecule has 2 rings (SSSR count). The van der Waals surface area contributed by atoms with E-state index in [0.29, 0.717) is 0 Å². The Bertz CT molecular complexity index is 572. The lowest BCUT2D eigenvalue weighted by Crippen LogP contribution is -2.18. The summed E-state index contributed by atoms with van der Waals surface area (Å²) >= 11 is 13.1. The summed E-state index contributed by atoms with van der Waals surface area (Å²) < 4.78 is 2.17. The molecule has 100 valence electrons. The van der Waals surface area contributed by atoms with E-state index < -0.39 is 0 Å². The van der Waals surface area contributed by atoms with E-state index in [2.05, 4.69) is 56.2 Å². The third-order valence-corrected chi connectivity index (χ3v) is 4.46. The molecule has 0 amide bonds. The van der Waals surface area contributed by atoms with Crippen LogP contribution in [0.5, 0.6) is 0 Å². The predicted molar refractivity (Wildman–Crippen MR) is 88.5 cm³/mol. The van der Waals surface area contributed by atoms with Crippen molar-refractivity contribution in [2.24, 2.45) is 0 Å². The SMILES string of the molecule is C[C@H](NCc1cc(Cl)ccc1Br)c1cccc(Br)c1. The molecule has 0 aliphatic heterocycles. The second-order valence-corrected chi connectivity index (χ2v) is 6.60. The smallest absolute Gasteiger partial charge is 0.0410 e. The first-order chi connectivity index (χ1) is 9.06. The van der Waals surface area contributed by atoms with Crippen LogP contribution in [-0.2, 0) is 6.54 Å². The van der Waals surface area contributed by atoms with Gasteiger partial charge in [0, 0.05) is 26.6 Å². The van der Waals surface area contributed by atoms with Gasteiger partial charge < -0.3 is 5.32 Å². The van der Waals surface area contributed by atoms with Gasteiger partial charge in [0.15, 0.2) is 0 Å². The highest BCUT2D eigenvalue weighted by molar-refractivity contribution is 9.10. The lowest BCUT2D eigenvalue weighted by atomic mass is 10.1. The van der Waals surface area contributed by atoms with E-state index in [1.54, 1.807) is 0 Å². The zero-order valence-electron chi connectivity index (χ0n) is 10.5. The molecule has 0 heterocycles. The highest BCUT2D eigenvalue weighted by atomic mass is 79.9. The molecule has 2 aromatic rings. The fourth-order valence-electron chi connectivity index (χ4n) is 1.84. The van der Waals surface area contributed by atoms with Crippen molar-refractivity contribution in [1.29, 1.82) is 0 Å². The molecule has 1 nitrogen and oxygen atoms in total. The summed E-state index contributed by atoms with van der Waals surface area (Å²) in [6.07, 6.45) is 0. The minimum atomic E-state index is 0.281. The van der Waals surface area contributed by atoms with Crippen molar-refractivity contribution in [2.45, 2.75) is 19.5 Å². The first-order valence-electron chi connectivity index (χ1n) is 5.99. The summed E-state index contributed by atoms with van der Waals surface area (Å²) in [5.74, 6) is 0. The third-order valence-electron chi connectivity index (χ3n) is 2.96. The number of hydrogen-bond donors (Lipinski definition) is 1. The van der Waals surface area contributed by atoms with Crippen LogP contribution < -0.4 is 5.32 Å². The third kappa shape index (κ3) is 4.32. The van der Waals surface area contributed by atoms with E-state index in [9.17, 15) is 0 Å². The van der Waals surface area contributed by atoms with Crippen LogP contribution in [0, 0.1) is 0 Å². The zero-order valence-corrected chi connectivity index (χ0v) is 14.4. The fraction of sp³-hybridized carbons (Fsp3) is 0.200. The lowest BCUT2D eigenvalue weighted by Gasteiger charge is -2.15. The Hall–Kier alpha value is -0.350. The zero-order chi connectivity index (χ0) is 13.8. The summed E-state index contributed by atoms with van der Waals surface area (Å²) in [6, 6.07) is 14.4. The molecule has 0 saturated carbocycles. The minimum absolute atomic E-state index is 0.281. The Morgan fingerprint density at radius 2 is 1.95 bits per heavy atom. The van der Waals surface area contributed by atoms with Crippen molar-refractivity contribution in [1.82, 2.24) is 5.32 Å². The lowest BCUT2D eigenvalue weighted by molar-refractivity contribution is 0.573. The van der Waals surface area contributed by atoms with Crippen LogP contribution in [0.3, 0.4) is 0 Å². The molecule has 0 aliphatic rings. The molecule has 4 heteroatoms. The highest BCUT2D eigenvalue weighted by Crippen LogP contribution is 2.23. The van der Waals surface area contributed by atoms with Gasteiger partial charge >= 0.3 is 0 Å². The maximum atomic E-state index is 6.02. The van der Waals surface area contributed by atoms with E-state index in [1.165, 1.54) is 5.56 Å². The Labute approximate surface area is 135 Å². The molecule has 1 N–H and O–H groups in total. The maximum absolute atomic E-state index is 6.02. The van der Waals surface area contributed by atoms with Gasteiger partial charge in [-0.05, 0) is 48.4 Å². The second-order valence-electron chi connectivity index (χ2n) is 4.39. The average molecular weight is 404 g/mol. The van der Waals surface area contributed by atoms with Crippen molar-refractivity contribution >= 4 is 43.5 Å². The van der Waals surface area contributed by atoms with Gasteiger partial charge in [0.1, 0.15) is 0 Å². The van der Waals surface area contributed by atoms with E-state index in [1.807, 2.05) is 30.3 Å². The van der Waals surface area contributed by atoms with Crippen molar-refractivity contribution in [3.63, 3.8) is 0 Å². The molecule has 19 heavy (non-hydrogen) atoms. The molecule has 0 fully saturated rings. The van der Waals surface area contributed by atoms with Crippen LogP contribution >= 0.6 is 43.5 Å². The maximum Gasteiger partial charge on any atom is 0.0410 e. The quantitative estimate of drug-likeness (QED) is 0.689. The van der Waals surface area contributed by atoms with Gasteiger partial charge in [-0.2, -0.15) is 0 Å². The number of rotatable bonds is 4. The van der Waals surface area contributed by atoms with Crippen molar-refractivity contribution in [3.8, 4) is 0 Å². The van der Waals surface area contributed by atoms with Gasteiger partial charge in [-0.1, -0.05) is 55.6 Å². The van der Waals surface area contributed by atoms with Gasteiger partial charge in [0.2, 0.25) is 0 Å². The summed E-state index contributed by atoms with van der Waals surface area (Å²) in [5, 5.41) is 4.26. The van der Waals surface area contributed by atoms with E-state index in [0.717, 1.165) is 26.1 Å². The Kier molecular flexibility index (Phi) is 5.46. The molecule has 0 aromatic heterocycles. The van der Waals surface area contributed by atoms with Gasteiger partial charge in [0.05, 0.1) is 0 Å². The van der Waals surface area contributed by atoms with Gasteiger partial charge in [-0.25, -0.2) is 0 Å². The van der Waals surface area contributed by atoms with Crippen LogP contribution in [0.1, 0.15) is 24.1 Å². The van der Waals surface area contributed by atoms with Crippen molar-refractivity contribution in [2.75, 3.05) is 0 Å². The highest BCUT2D eigenvalue weighted by Gasteiger charge is 2.07. The fourth-order valence-corrected chi connectivity index (χ4v) is 2.83.